The number of hydrogen-bond acceptors (Lipinski definition) is 3. The molecule has 0 N–H and O–H groups in total. The zero-order valence-electron chi connectivity index (χ0n) is 10.1. The average molecular weight is 246 g/mol. The second-order valence-corrected chi connectivity index (χ2v) is 4.13. The van der Waals surface area contributed by atoms with Gasteiger partial charge in [-0.25, -0.2) is 4.98 Å². The topological polar surface area (TPSA) is 49.8 Å². The van der Waals surface area contributed by atoms with Crippen LogP contribution in [0.25, 0.3) is 22.5 Å². The number of oxazole rings is 1. The van der Waals surface area contributed by atoms with Crippen LogP contribution in [0.1, 0.15) is 5.56 Å². The third-order valence-corrected chi connectivity index (χ3v) is 2.95. The van der Waals surface area contributed by atoms with E-state index in [9.17, 15) is 0 Å². The lowest BCUT2D eigenvalue weighted by atomic mass is 10.0. The molecule has 0 amide bonds. The summed E-state index contributed by atoms with van der Waals surface area (Å²) >= 11 is 0. The minimum Gasteiger partial charge on any atom is -0.444 e. The summed E-state index contributed by atoms with van der Waals surface area (Å²) in [5, 5.41) is 8.77. The minimum absolute atomic E-state index is 0.669. The smallest absolute Gasteiger partial charge is 0.181 e. The molecule has 0 spiro atoms. The van der Waals surface area contributed by atoms with Crippen LogP contribution in [0.5, 0.6) is 0 Å². The molecular formula is C16H10N2O. The lowest BCUT2D eigenvalue weighted by molar-refractivity contribution is 0.572. The molecule has 0 aliphatic carbocycles. The van der Waals surface area contributed by atoms with Crippen LogP contribution in [-0.4, -0.2) is 4.98 Å². The van der Waals surface area contributed by atoms with Crippen LogP contribution in [0.3, 0.4) is 0 Å². The van der Waals surface area contributed by atoms with Gasteiger partial charge in [-0.05, 0) is 23.3 Å². The van der Waals surface area contributed by atoms with Crippen LogP contribution in [0.4, 0.5) is 0 Å². The number of rotatable bonds is 2. The maximum Gasteiger partial charge on any atom is 0.181 e. The summed E-state index contributed by atoms with van der Waals surface area (Å²) in [6.07, 6.45) is 3.11. The standard InChI is InChI=1S/C16H10N2O/c17-9-12-1-3-13(4-2-12)14-5-7-15(8-6-14)16-10-18-11-19-16/h1-8,10-11H. The molecule has 0 unspecified atom stereocenters. The highest BCUT2D eigenvalue weighted by Gasteiger charge is 2.02. The predicted octanol–water partition coefficient (Wildman–Crippen LogP) is 3.88. The summed E-state index contributed by atoms with van der Waals surface area (Å²) in [6.45, 7) is 0. The Morgan fingerprint density at radius 1 is 0.842 bits per heavy atom. The highest BCUT2D eigenvalue weighted by atomic mass is 16.3. The Morgan fingerprint density at radius 2 is 1.42 bits per heavy atom. The number of nitrogens with zero attached hydrogens (tertiary/aromatic N) is 2. The van der Waals surface area contributed by atoms with Gasteiger partial charge in [0, 0.05) is 5.56 Å². The Hall–Kier alpha value is -2.86. The average Bonchev–Trinajstić information content (AvgIpc) is 3.02. The molecule has 3 nitrogen and oxygen atoms in total. The van der Waals surface area contributed by atoms with Crippen molar-refractivity contribution >= 4 is 0 Å². The molecule has 90 valence electrons. The minimum atomic E-state index is 0.669. The fourth-order valence-corrected chi connectivity index (χ4v) is 1.92. The largest absolute Gasteiger partial charge is 0.444 e. The lowest BCUT2D eigenvalue weighted by Gasteiger charge is -2.03. The van der Waals surface area contributed by atoms with E-state index in [1.807, 2.05) is 48.5 Å². The van der Waals surface area contributed by atoms with Crippen molar-refractivity contribution in [3.63, 3.8) is 0 Å². The summed E-state index contributed by atoms with van der Waals surface area (Å²) in [5.41, 5.74) is 3.85. The van der Waals surface area contributed by atoms with Crippen LogP contribution in [0.2, 0.25) is 0 Å². The van der Waals surface area contributed by atoms with Gasteiger partial charge < -0.3 is 4.42 Å². The van der Waals surface area contributed by atoms with Gasteiger partial charge in [0.05, 0.1) is 17.8 Å². The third-order valence-electron chi connectivity index (χ3n) is 2.95. The van der Waals surface area contributed by atoms with Gasteiger partial charge in [0.2, 0.25) is 0 Å². The Bertz CT molecular complexity index is 705. The van der Waals surface area contributed by atoms with E-state index in [0.717, 1.165) is 22.5 Å². The summed E-state index contributed by atoms with van der Waals surface area (Å²) in [6, 6.07) is 17.7. The Kier molecular flexibility index (Phi) is 2.83. The molecule has 3 rings (SSSR count). The van der Waals surface area contributed by atoms with Crippen molar-refractivity contribution in [2.75, 3.05) is 0 Å². The molecule has 1 heterocycles. The van der Waals surface area contributed by atoms with Crippen LogP contribution >= 0.6 is 0 Å². The number of benzene rings is 2. The number of hydrogen-bond donors (Lipinski definition) is 0. The van der Waals surface area contributed by atoms with Gasteiger partial charge in [0.25, 0.3) is 0 Å². The molecule has 19 heavy (non-hydrogen) atoms. The van der Waals surface area contributed by atoms with Crippen molar-refractivity contribution in [1.29, 1.82) is 5.26 Å². The maximum atomic E-state index is 8.77. The molecule has 3 heteroatoms. The molecule has 0 fully saturated rings. The first-order chi connectivity index (χ1) is 9.36. The van der Waals surface area contributed by atoms with E-state index < -0.39 is 0 Å². The summed E-state index contributed by atoms with van der Waals surface area (Å²) in [4.78, 5) is 3.90. The van der Waals surface area contributed by atoms with Gasteiger partial charge in [-0.2, -0.15) is 5.26 Å². The van der Waals surface area contributed by atoms with Crippen molar-refractivity contribution in [3.8, 4) is 28.5 Å². The van der Waals surface area contributed by atoms with Crippen LogP contribution < -0.4 is 0 Å². The summed E-state index contributed by atoms with van der Waals surface area (Å²) in [7, 11) is 0. The summed E-state index contributed by atoms with van der Waals surface area (Å²) < 4.78 is 5.25. The quantitative estimate of drug-likeness (QED) is 0.689. The van der Waals surface area contributed by atoms with Crippen LogP contribution in [0, 0.1) is 11.3 Å². The van der Waals surface area contributed by atoms with Crippen molar-refractivity contribution in [1.82, 2.24) is 4.98 Å². The van der Waals surface area contributed by atoms with Gasteiger partial charge in [-0.15, -0.1) is 0 Å². The molecule has 1 aromatic heterocycles. The normalized spacial score (nSPS) is 10.1. The van der Waals surface area contributed by atoms with Crippen molar-refractivity contribution < 1.29 is 4.42 Å². The van der Waals surface area contributed by atoms with E-state index in [4.69, 9.17) is 9.68 Å². The predicted molar refractivity (Wildman–Crippen MR) is 72.1 cm³/mol. The fraction of sp³-hybridized carbons (Fsp3) is 0. The molecular weight excluding hydrogens is 236 g/mol. The van der Waals surface area contributed by atoms with Gasteiger partial charge >= 0.3 is 0 Å². The van der Waals surface area contributed by atoms with E-state index in [1.165, 1.54) is 6.39 Å². The molecule has 0 aliphatic rings. The van der Waals surface area contributed by atoms with Crippen LogP contribution in [-0.2, 0) is 0 Å². The molecule has 0 radical (unpaired) electrons. The molecule has 0 aliphatic heterocycles. The van der Waals surface area contributed by atoms with E-state index >= 15 is 0 Å². The Labute approximate surface area is 110 Å². The molecule has 0 bridgehead atoms. The van der Waals surface area contributed by atoms with Crippen molar-refractivity contribution in [2.24, 2.45) is 0 Å². The number of aromatic nitrogens is 1. The highest BCUT2D eigenvalue weighted by molar-refractivity contribution is 5.68. The zero-order valence-corrected chi connectivity index (χ0v) is 10.1. The highest BCUT2D eigenvalue weighted by Crippen LogP contribution is 2.24. The SMILES string of the molecule is N#Cc1ccc(-c2ccc(-c3cnco3)cc2)cc1. The molecule has 2 aromatic carbocycles. The molecule has 0 saturated heterocycles. The Balaban J connectivity index is 1.92. The monoisotopic (exact) mass is 246 g/mol. The van der Waals surface area contributed by atoms with E-state index in [-0.39, 0.29) is 0 Å². The molecule has 0 atom stereocenters. The van der Waals surface area contributed by atoms with E-state index in [0.29, 0.717) is 5.56 Å². The van der Waals surface area contributed by atoms with Crippen LogP contribution in [0.15, 0.2) is 65.5 Å². The van der Waals surface area contributed by atoms with E-state index in [2.05, 4.69) is 11.1 Å². The molecule has 0 saturated carbocycles. The van der Waals surface area contributed by atoms with Crippen molar-refractivity contribution in [2.45, 2.75) is 0 Å². The summed E-state index contributed by atoms with van der Waals surface area (Å²) in [5.74, 6) is 0.756. The maximum absolute atomic E-state index is 8.77. The van der Waals surface area contributed by atoms with Gasteiger partial charge in [0.15, 0.2) is 12.2 Å². The lowest BCUT2D eigenvalue weighted by Crippen LogP contribution is -1.80. The van der Waals surface area contributed by atoms with Gasteiger partial charge in [-0.1, -0.05) is 36.4 Å². The zero-order chi connectivity index (χ0) is 13.1. The second-order valence-electron chi connectivity index (χ2n) is 4.13. The first-order valence-corrected chi connectivity index (χ1v) is 5.86. The third kappa shape index (κ3) is 2.24. The Morgan fingerprint density at radius 3 is 1.95 bits per heavy atom. The second kappa shape index (κ2) is 4.79. The fourth-order valence-electron chi connectivity index (χ4n) is 1.92. The van der Waals surface area contributed by atoms with E-state index in [1.54, 1.807) is 6.20 Å². The van der Waals surface area contributed by atoms with Gasteiger partial charge in [-0.3, -0.25) is 0 Å². The first kappa shape index (κ1) is 11.2. The van der Waals surface area contributed by atoms with Crippen molar-refractivity contribution in [3.05, 3.63) is 66.7 Å². The van der Waals surface area contributed by atoms with Gasteiger partial charge in [0.1, 0.15) is 0 Å². The first-order valence-electron chi connectivity index (χ1n) is 5.86. The number of nitriles is 1. The molecule has 3 aromatic rings.